The Bertz CT molecular complexity index is 279. The SMILES string of the molecule is C=C1CCC[C@@H]2[C@](C)(O)[C@H](C)CC[C@@]12C. The summed E-state index contributed by atoms with van der Waals surface area (Å²) >= 11 is 0. The molecule has 86 valence electrons. The topological polar surface area (TPSA) is 20.2 Å². The number of aliphatic hydroxyl groups is 1. The molecule has 1 heteroatoms. The lowest BCUT2D eigenvalue weighted by Gasteiger charge is -2.56. The molecule has 15 heavy (non-hydrogen) atoms. The van der Waals surface area contributed by atoms with E-state index in [0.29, 0.717) is 11.8 Å². The van der Waals surface area contributed by atoms with Gasteiger partial charge in [0, 0.05) is 0 Å². The highest BCUT2D eigenvalue weighted by molar-refractivity contribution is 5.19. The van der Waals surface area contributed by atoms with Gasteiger partial charge in [0.05, 0.1) is 5.60 Å². The van der Waals surface area contributed by atoms with Gasteiger partial charge >= 0.3 is 0 Å². The third kappa shape index (κ3) is 1.47. The van der Waals surface area contributed by atoms with E-state index in [9.17, 15) is 5.11 Å². The van der Waals surface area contributed by atoms with Crippen molar-refractivity contribution in [3.8, 4) is 0 Å². The number of hydrogen-bond acceptors (Lipinski definition) is 1. The van der Waals surface area contributed by atoms with Crippen molar-refractivity contribution in [1.29, 1.82) is 0 Å². The van der Waals surface area contributed by atoms with Crippen LogP contribution in [0.4, 0.5) is 0 Å². The molecule has 0 heterocycles. The van der Waals surface area contributed by atoms with Crippen LogP contribution in [0, 0.1) is 17.3 Å². The van der Waals surface area contributed by atoms with E-state index in [4.69, 9.17) is 0 Å². The van der Waals surface area contributed by atoms with E-state index in [2.05, 4.69) is 20.4 Å². The zero-order valence-electron chi connectivity index (χ0n) is 10.3. The Morgan fingerprint density at radius 1 is 1.33 bits per heavy atom. The van der Waals surface area contributed by atoms with Crippen LogP contribution < -0.4 is 0 Å². The van der Waals surface area contributed by atoms with E-state index in [-0.39, 0.29) is 5.41 Å². The minimum atomic E-state index is -0.490. The normalized spacial score (nSPS) is 51.3. The van der Waals surface area contributed by atoms with Gasteiger partial charge in [-0.2, -0.15) is 0 Å². The zero-order valence-corrected chi connectivity index (χ0v) is 10.3. The number of rotatable bonds is 0. The van der Waals surface area contributed by atoms with Gasteiger partial charge in [0.1, 0.15) is 0 Å². The lowest BCUT2D eigenvalue weighted by atomic mass is 9.51. The summed E-state index contributed by atoms with van der Waals surface area (Å²) < 4.78 is 0. The van der Waals surface area contributed by atoms with E-state index >= 15 is 0 Å². The first kappa shape index (κ1) is 11.2. The summed E-state index contributed by atoms with van der Waals surface area (Å²) in [4.78, 5) is 0. The van der Waals surface area contributed by atoms with Crippen LogP contribution in [-0.4, -0.2) is 10.7 Å². The fourth-order valence-electron chi connectivity index (χ4n) is 3.81. The lowest BCUT2D eigenvalue weighted by Crippen LogP contribution is -2.54. The van der Waals surface area contributed by atoms with Gasteiger partial charge in [-0.25, -0.2) is 0 Å². The molecule has 0 unspecified atom stereocenters. The fraction of sp³-hybridized carbons (Fsp3) is 0.857. The first-order chi connectivity index (χ1) is 6.89. The summed E-state index contributed by atoms with van der Waals surface area (Å²) in [7, 11) is 0. The summed E-state index contributed by atoms with van der Waals surface area (Å²) in [5.74, 6) is 0.858. The molecule has 0 aromatic rings. The van der Waals surface area contributed by atoms with E-state index in [1.165, 1.54) is 24.8 Å². The van der Waals surface area contributed by atoms with Crippen molar-refractivity contribution >= 4 is 0 Å². The molecule has 2 aliphatic rings. The highest BCUT2D eigenvalue weighted by Crippen LogP contribution is 2.57. The Kier molecular flexibility index (Phi) is 2.50. The highest BCUT2D eigenvalue weighted by Gasteiger charge is 2.53. The van der Waals surface area contributed by atoms with E-state index in [1.54, 1.807) is 0 Å². The van der Waals surface area contributed by atoms with Gasteiger partial charge in [-0.15, -0.1) is 0 Å². The molecule has 0 saturated heterocycles. The summed E-state index contributed by atoms with van der Waals surface area (Å²) in [5.41, 5.74) is 1.09. The number of fused-ring (bicyclic) bond motifs is 1. The largest absolute Gasteiger partial charge is 0.390 e. The van der Waals surface area contributed by atoms with Crippen molar-refractivity contribution in [2.45, 2.75) is 58.5 Å². The maximum Gasteiger partial charge on any atom is 0.0681 e. The smallest absolute Gasteiger partial charge is 0.0681 e. The maximum absolute atomic E-state index is 10.7. The number of allylic oxidation sites excluding steroid dienone is 1. The van der Waals surface area contributed by atoms with Crippen LogP contribution >= 0.6 is 0 Å². The van der Waals surface area contributed by atoms with Crippen molar-refractivity contribution in [3.05, 3.63) is 12.2 Å². The van der Waals surface area contributed by atoms with Crippen LogP contribution in [0.1, 0.15) is 52.9 Å². The summed E-state index contributed by atoms with van der Waals surface area (Å²) in [6.07, 6.45) is 5.90. The molecule has 2 fully saturated rings. The monoisotopic (exact) mass is 208 g/mol. The molecule has 2 rings (SSSR count). The molecule has 0 spiro atoms. The zero-order chi connectivity index (χ0) is 11.3. The second-order valence-corrected chi connectivity index (χ2v) is 6.13. The second kappa shape index (κ2) is 3.35. The third-order valence-corrected chi connectivity index (χ3v) is 5.35. The molecule has 1 N–H and O–H groups in total. The standard InChI is InChI=1S/C14H24O/c1-10-6-5-7-12-13(10,3)9-8-11(2)14(12,4)15/h11-12,15H,1,5-9H2,2-4H3/t11-,12+,13+,14-/m1/s1. The Morgan fingerprint density at radius 2 is 2.00 bits per heavy atom. The second-order valence-electron chi connectivity index (χ2n) is 6.13. The molecule has 2 aliphatic carbocycles. The molecule has 0 bridgehead atoms. The van der Waals surface area contributed by atoms with Crippen LogP contribution in [0.5, 0.6) is 0 Å². The first-order valence-corrected chi connectivity index (χ1v) is 6.29. The van der Waals surface area contributed by atoms with Gasteiger partial charge in [-0.1, -0.05) is 26.0 Å². The summed E-state index contributed by atoms with van der Waals surface area (Å²) in [6.45, 7) is 10.8. The number of hydrogen-bond donors (Lipinski definition) is 1. The quantitative estimate of drug-likeness (QED) is 0.604. The average molecular weight is 208 g/mol. The van der Waals surface area contributed by atoms with Crippen LogP contribution in [-0.2, 0) is 0 Å². The molecule has 0 radical (unpaired) electrons. The molecule has 1 nitrogen and oxygen atoms in total. The van der Waals surface area contributed by atoms with Crippen molar-refractivity contribution in [1.82, 2.24) is 0 Å². The fourth-order valence-corrected chi connectivity index (χ4v) is 3.81. The Hall–Kier alpha value is -0.300. The Morgan fingerprint density at radius 3 is 2.67 bits per heavy atom. The minimum Gasteiger partial charge on any atom is -0.390 e. The Labute approximate surface area is 93.6 Å². The van der Waals surface area contributed by atoms with Crippen molar-refractivity contribution in [3.63, 3.8) is 0 Å². The van der Waals surface area contributed by atoms with Crippen LogP contribution in [0.25, 0.3) is 0 Å². The van der Waals surface area contributed by atoms with Crippen LogP contribution in [0.15, 0.2) is 12.2 Å². The Balaban J connectivity index is 2.35. The molecule has 2 saturated carbocycles. The highest BCUT2D eigenvalue weighted by atomic mass is 16.3. The van der Waals surface area contributed by atoms with E-state index in [0.717, 1.165) is 12.8 Å². The summed E-state index contributed by atoms with van der Waals surface area (Å²) in [5, 5.41) is 10.7. The minimum absolute atomic E-state index is 0.203. The summed E-state index contributed by atoms with van der Waals surface area (Å²) in [6, 6.07) is 0. The molecule has 0 amide bonds. The lowest BCUT2D eigenvalue weighted by molar-refractivity contribution is -0.128. The van der Waals surface area contributed by atoms with Gasteiger partial charge < -0.3 is 5.11 Å². The van der Waals surface area contributed by atoms with Gasteiger partial charge in [-0.3, -0.25) is 0 Å². The van der Waals surface area contributed by atoms with Gasteiger partial charge in [0.2, 0.25) is 0 Å². The molecular formula is C14H24O. The van der Waals surface area contributed by atoms with Crippen molar-refractivity contribution in [2.75, 3.05) is 0 Å². The predicted molar refractivity (Wildman–Crippen MR) is 63.6 cm³/mol. The molecule has 4 atom stereocenters. The maximum atomic E-state index is 10.7. The van der Waals surface area contributed by atoms with E-state index in [1.807, 2.05) is 6.92 Å². The molecular weight excluding hydrogens is 184 g/mol. The molecule has 0 aromatic heterocycles. The first-order valence-electron chi connectivity index (χ1n) is 6.29. The average Bonchev–Trinajstić information content (AvgIpc) is 2.16. The molecule has 0 aliphatic heterocycles. The van der Waals surface area contributed by atoms with Crippen molar-refractivity contribution in [2.24, 2.45) is 17.3 Å². The third-order valence-electron chi connectivity index (χ3n) is 5.35. The van der Waals surface area contributed by atoms with Crippen LogP contribution in [0.3, 0.4) is 0 Å². The van der Waals surface area contributed by atoms with Gasteiger partial charge in [0.25, 0.3) is 0 Å². The van der Waals surface area contributed by atoms with Crippen LogP contribution in [0.2, 0.25) is 0 Å². The molecule has 0 aromatic carbocycles. The predicted octanol–water partition coefficient (Wildman–Crippen LogP) is 3.53. The van der Waals surface area contributed by atoms with Gasteiger partial charge in [0.15, 0.2) is 0 Å². The van der Waals surface area contributed by atoms with Crippen molar-refractivity contribution < 1.29 is 5.11 Å². The van der Waals surface area contributed by atoms with E-state index < -0.39 is 5.60 Å². The van der Waals surface area contributed by atoms with Gasteiger partial charge in [-0.05, 0) is 56.3 Å².